The SMILES string of the molecule is C[C@](N)(CCCN)C(=O)O.Cl.O. The Morgan fingerprint density at radius 1 is 1.58 bits per heavy atom. The fourth-order valence-electron chi connectivity index (χ4n) is 0.576. The third-order valence-electron chi connectivity index (χ3n) is 1.39. The number of hydrogen-bond acceptors (Lipinski definition) is 3. The molecule has 5 nitrogen and oxygen atoms in total. The van der Waals surface area contributed by atoms with Crippen molar-refractivity contribution in [1.29, 1.82) is 0 Å². The zero-order valence-electron chi connectivity index (χ0n) is 7.04. The predicted molar refractivity (Wildman–Crippen MR) is 49.4 cm³/mol. The molecule has 0 saturated heterocycles. The lowest BCUT2D eigenvalue weighted by Gasteiger charge is -2.17. The number of carboxylic acid groups (broad SMARTS) is 1. The molecule has 0 heterocycles. The Hall–Kier alpha value is -0.360. The molecule has 0 unspecified atom stereocenters. The van der Waals surface area contributed by atoms with Crippen molar-refractivity contribution in [3.05, 3.63) is 0 Å². The molecule has 0 amide bonds. The minimum atomic E-state index is -1.11. The molecule has 1 atom stereocenters. The normalized spacial score (nSPS) is 13.6. The summed E-state index contributed by atoms with van der Waals surface area (Å²) in [5.41, 5.74) is 9.47. The molecule has 0 saturated carbocycles. The highest BCUT2D eigenvalue weighted by Crippen LogP contribution is 2.07. The van der Waals surface area contributed by atoms with E-state index in [1.807, 2.05) is 0 Å². The lowest BCUT2D eigenvalue weighted by Crippen LogP contribution is -2.45. The molecular weight excluding hydrogens is 184 g/mol. The minimum absolute atomic E-state index is 0. The van der Waals surface area contributed by atoms with Crippen LogP contribution in [0.1, 0.15) is 19.8 Å². The maximum absolute atomic E-state index is 10.4. The van der Waals surface area contributed by atoms with E-state index in [2.05, 4.69) is 0 Å². The summed E-state index contributed by atoms with van der Waals surface area (Å²) in [7, 11) is 0. The predicted octanol–water partition coefficient (Wildman–Crippen LogP) is -0.876. The zero-order valence-corrected chi connectivity index (χ0v) is 7.86. The number of hydrogen-bond donors (Lipinski definition) is 3. The Balaban J connectivity index is -0.000000405. The average molecular weight is 201 g/mol. The van der Waals surface area contributed by atoms with Crippen LogP contribution in [0.4, 0.5) is 0 Å². The molecule has 7 N–H and O–H groups in total. The first-order valence-electron chi connectivity index (χ1n) is 3.23. The molecule has 12 heavy (non-hydrogen) atoms. The van der Waals surface area contributed by atoms with E-state index in [9.17, 15) is 4.79 Å². The van der Waals surface area contributed by atoms with Crippen molar-refractivity contribution < 1.29 is 15.4 Å². The Labute approximate surface area is 77.8 Å². The average Bonchev–Trinajstić information content (AvgIpc) is 1.84. The lowest BCUT2D eigenvalue weighted by molar-refractivity contribution is -0.142. The molecule has 6 heteroatoms. The van der Waals surface area contributed by atoms with E-state index in [0.717, 1.165) is 0 Å². The van der Waals surface area contributed by atoms with Crippen LogP contribution < -0.4 is 11.5 Å². The van der Waals surface area contributed by atoms with Gasteiger partial charge in [-0.2, -0.15) is 0 Å². The van der Waals surface area contributed by atoms with Gasteiger partial charge in [0.2, 0.25) is 0 Å². The monoisotopic (exact) mass is 200 g/mol. The van der Waals surface area contributed by atoms with Crippen molar-refractivity contribution in [1.82, 2.24) is 0 Å². The largest absolute Gasteiger partial charge is 0.480 e. The van der Waals surface area contributed by atoms with Gasteiger partial charge in [0.15, 0.2) is 0 Å². The molecule has 0 aliphatic heterocycles. The number of aliphatic carboxylic acids is 1. The third-order valence-corrected chi connectivity index (χ3v) is 1.39. The summed E-state index contributed by atoms with van der Waals surface area (Å²) in [6.45, 7) is 1.98. The van der Waals surface area contributed by atoms with Gasteiger partial charge in [-0.15, -0.1) is 12.4 Å². The van der Waals surface area contributed by atoms with Gasteiger partial charge in [-0.25, -0.2) is 0 Å². The van der Waals surface area contributed by atoms with Gasteiger partial charge < -0.3 is 22.1 Å². The summed E-state index contributed by atoms with van der Waals surface area (Å²) in [5.74, 6) is -0.971. The number of halogens is 1. The summed E-state index contributed by atoms with van der Waals surface area (Å²) in [6, 6.07) is 0. The van der Waals surface area contributed by atoms with E-state index in [1.54, 1.807) is 0 Å². The van der Waals surface area contributed by atoms with Gasteiger partial charge in [0.25, 0.3) is 0 Å². The molecule has 0 aromatic rings. The van der Waals surface area contributed by atoms with Crippen LogP contribution >= 0.6 is 12.4 Å². The smallest absolute Gasteiger partial charge is 0.323 e. The third kappa shape index (κ3) is 6.36. The lowest BCUT2D eigenvalue weighted by atomic mass is 9.98. The van der Waals surface area contributed by atoms with Gasteiger partial charge in [-0.3, -0.25) is 4.79 Å². The number of nitrogens with two attached hydrogens (primary N) is 2. The molecule has 76 valence electrons. The number of carboxylic acids is 1. The van der Waals surface area contributed by atoms with Gasteiger partial charge in [0.05, 0.1) is 0 Å². The molecular formula is C6H17ClN2O3. The summed E-state index contributed by atoms with van der Waals surface area (Å²) in [5, 5.41) is 8.50. The van der Waals surface area contributed by atoms with E-state index in [-0.39, 0.29) is 17.9 Å². The summed E-state index contributed by atoms with van der Waals surface area (Å²) in [6.07, 6.45) is 1.08. The van der Waals surface area contributed by atoms with Crippen LogP contribution in [0.3, 0.4) is 0 Å². The topological polar surface area (TPSA) is 121 Å². The van der Waals surface area contributed by atoms with Crippen LogP contribution in [0.5, 0.6) is 0 Å². The van der Waals surface area contributed by atoms with Crippen LogP contribution in [-0.4, -0.2) is 28.6 Å². The second-order valence-electron chi connectivity index (χ2n) is 2.61. The van der Waals surface area contributed by atoms with E-state index in [4.69, 9.17) is 16.6 Å². The fourth-order valence-corrected chi connectivity index (χ4v) is 0.576. The molecule has 0 spiro atoms. The van der Waals surface area contributed by atoms with Gasteiger partial charge in [0.1, 0.15) is 5.54 Å². The highest BCUT2D eigenvalue weighted by atomic mass is 35.5. The first-order valence-corrected chi connectivity index (χ1v) is 3.23. The van der Waals surface area contributed by atoms with Crippen LogP contribution in [0.15, 0.2) is 0 Å². The molecule has 0 fully saturated rings. The Morgan fingerprint density at radius 2 is 2.00 bits per heavy atom. The Bertz CT molecular complexity index is 130. The van der Waals surface area contributed by atoms with Crippen molar-refractivity contribution in [2.45, 2.75) is 25.3 Å². The summed E-state index contributed by atoms with van der Waals surface area (Å²) >= 11 is 0. The van der Waals surface area contributed by atoms with E-state index in [0.29, 0.717) is 19.4 Å². The maximum Gasteiger partial charge on any atom is 0.323 e. The van der Waals surface area contributed by atoms with Gasteiger partial charge in [0, 0.05) is 0 Å². The van der Waals surface area contributed by atoms with Crippen LogP contribution in [-0.2, 0) is 4.79 Å². The fraction of sp³-hybridized carbons (Fsp3) is 0.833. The van der Waals surface area contributed by atoms with E-state index < -0.39 is 11.5 Å². The number of rotatable bonds is 4. The Kier molecular flexibility index (Phi) is 10.7. The van der Waals surface area contributed by atoms with Gasteiger partial charge >= 0.3 is 5.97 Å². The quantitative estimate of drug-likeness (QED) is 0.546. The number of carbonyl (C=O) groups is 1. The molecule has 0 aromatic carbocycles. The summed E-state index contributed by atoms with van der Waals surface area (Å²) in [4.78, 5) is 10.4. The van der Waals surface area contributed by atoms with Crippen molar-refractivity contribution >= 4 is 18.4 Å². The second kappa shape index (κ2) is 7.30. The molecule has 0 rings (SSSR count). The van der Waals surface area contributed by atoms with Gasteiger partial charge in [-0.05, 0) is 26.3 Å². The van der Waals surface area contributed by atoms with Crippen LogP contribution in [0, 0.1) is 0 Å². The van der Waals surface area contributed by atoms with Crippen LogP contribution in [0.2, 0.25) is 0 Å². The molecule has 0 aromatic heterocycles. The highest BCUT2D eigenvalue weighted by Gasteiger charge is 2.26. The first-order chi connectivity index (χ1) is 4.50. The highest BCUT2D eigenvalue weighted by molar-refractivity contribution is 5.85. The second-order valence-corrected chi connectivity index (χ2v) is 2.61. The molecule has 0 bridgehead atoms. The Morgan fingerprint density at radius 3 is 2.25 bits per heavy atom. The first kappa shape index (κ1) is 17.7. The standard InChI is InChI=1S/C6H14N2O2.ClH.H2O/c1-6(8,5(9)10)3-2-4-7;;/h2-4,7-8H2,1H3,(H,9,10);1H;1H2/t6-;;/m0../s1. The van der Waals surface area contributed by atoms with Crippen LogP contribution in [0.25, 0.3) is 0 Å². The van der Waals surface area contributed by atoms with Gasteiger partial charge in [-0.1, -0.05) is 0 Å². The van der Waals surface area contributed by atoms with Crippen molar-refractivity contribution in [2.75, 3.05) is 6.54 Å². The maximum atomic E-state index is 10.4. The molecule has 0 radical (unpaired) electrons. The van der Waals surface area contributed by atoms with Crippen molar-refractivity contribution in [3.63, 3.8) is 0 Å². The van der Waals surface area contributed by atoms with Crippen molar-refractivity contribution in [2.24, 2.45) is 11.5 Å². The van der Waals surface area contributed by atoms with Crippen molar-refractivity contribution in [3.8, 4) is 0 Å². The van der Waals surface area contributed by atoms with E-state index in [1.165, 1.54) is 6.92 Å². The zero-order chi connectivity index (χ0) is 8.20. The summed E-state index contributed by atoms with van der Waals surface area (Å²) < 4.78 is 0. The van der Waals surface area contributed by atoms with E-state index >= 15 is 0 Å². The molecule has 0 aliphatic carbocycles. The minimum Gasteiger partial charge on any atom is -0.480 e. The molecule has 0 aliphatic rings.